The first-order valence-electron chi connectivity index (χ1n) is 8.16. The number of primary sulfonamides is 1. The largest absolute Gasteiger partial charge is 0.322 e. The molecule has 0 radical (unpaired) electrons. The highest BCUT2D eigenvalue weighted by Crippen LogP contribution is 2.22. The van der Waals surface area contributed by atoms with E-state index < -0.39 is 41.2 Å². The van der Waals surface area contributed by atoms with Crippen LogP contribution in [0.2, 0.25) is 0 Å². The maximum Gasteiger partial charge on any atom is 0.255 e. The van der Waals surface area contributed by atoms with Crippen molar-refractivity contribution in [3.8, 4) is 0 Å². The van der Waals surface area contributed by atoms with Crippen LogP contribution in [0.3, 0.4) is 0 Å². The van der Waals surface area contributed by atoms with Crippen molar-refractivity contribution in [2.24, 2.45) is 5.14 Å². The van der Waals surface area contributed by atoms with Crippen LogP contribution in [0.25, 0.3) is 0 Å². The van der Waals surface area contributed by atoms with Crippen LogP contribution in [-0.4, -0.2) is 27.5 Å². The predicted octanol–water partition coefficient (Wildman–Crippen LogP) is 2.44. The van der Waals surface area contributed by atoms with Crippen LogP contribution in [0, 0.1) is 5.82 Å². The number of benzene rings is 2. The molecule has 2 rings (SSSR count). The lowest BCUT2D eigenvalue weighted by Crippen LogP contribution is -2.29. The zero-order chi connectivity index (χ0) is 21.3. The highest BCUT2D eigenvalue weighted by Gasteiger charge is 2.29. The minimum Gasteiger partial charge on any atom is -0.322 e. The summed E-state index contributed by atoms with van der Waals surface area (Å²) in [5, 5.41) is 7.41. The molecular weight excluding hydrogens is 407 g/mol. The van der Waals surface area contributed by atoms with Crippen molar-refractivity contribution in [2.45, 2.75) is 36.2 Å². The predicted molar refractivity (Wildman–Crippen MR) is 105 cm³/mol. The molecule has 0 spiro atoms. The average molecular weight is 429 g/mol. The van der Waals surface area contributed by atoms with Gasteiger partial charge in [0.15, 0.2) is 9.84 Å². The fourth-order valence-electron chi connectivity index (χ4n) is 2.25. The molecule has 2 aromatic rings. The molecule has 0 aliphatic rings. The van der Waals surface area contributed by atoms with Crippen molar-refractivity contribution in [1.82, 2.24) is 0 Å². The number of hydrogen-bond acceptors (Lipinski definition) is 5. The summed E-state index contributed by atoms with van der Waals surface area (Å²) in [6.45, 7) is 4.81. The number of carbonyl (C=O) groups excluding carboxylic acids is 1. The Kier molecular flexibility index (Phi) is 5.98. The van der Waals surface area contributed by atoms with Gasteiger partial charge in [-0.2, -0.15) is 0 Å². The van der Waals surface area contributed by atoms with Crippen molar-refractivity contribution in [3.05, 3.63) is 59.4 Å². The van der Waals surface area contributed by atoms with Gasteiger partial charge in [-0.15, -0.1) is 0 Å². The SMILES string of the molecule is CC(C)(C)S(=O)(=O)Cc1cccc(NC(=O)c2ccc(S(N)(=O)=O)c(F)c2)c1. The number of nitrogens with two attached hydrogens (primary N) is 1. The van der Waals surface area contributed by atoms with Gasteiger partial charge in [-0.1, -0.05) is 12.1 Å². The van der Waals surface area contributed by atoms with Crippen molar-refractivity contribution >= 4 is 31.5 Å². The minimum atomic E-state index is -4.23. The van der Waals surface area contributed by atoms with Gasteiger partial charge in [0.1, 0.15) is 10.7 Å². The van der Waals surface area contributed by atoms with Gasteiger partial charge in [0, 0.05) is 11.3 Å². The van der Waals surface area contributed by atoms with E-state index >= 15 is 0 Å². The Bertz CT molecular complexity index is 1120. The van der Waals surface area contributed by atoms with E-state index in [4.69, 9.17) is 5.14 Å². The maximum atomic E-state index is 13.9. The number of rotatable bonds is 5. The van der Waals surface area contributed by atoms with Crippen LogP contribution in [0.15, 0.2) is 47.4 Å². The van der Waals surface area contributed by atoms with Gasteiger partial charge in [-0.05, 0) is 56.7 Å². The smallest absolute Gasteiger partial charge is 0.255 e. The molecule has 2 aromatic carbocycles. The molecular formula is C18H21FN2O5S2. The van der Waals surface area contributed by atoms with Gasteiger partial charge in [-0.25, -0.2) is 26.4 Å². The topological polar surface area (TPSA) is 123 Å². The molecule has 0 saturated heterocycles. The first-order valence-corrected chi connectivity index (χ1v) is 11.4. The molecule has 3 N–H and O–H groups in total. The maximum absolute atomic E-state index is 13.9. The van der Waals surface area contributed by atoms with Crippen molar-refractivity contribution in [2.75, 3.05) is 5.32 Å². The number of nitrogens with one attached hydrogen (secondary N) is 1. The van der Waals surface area contributed by atoms with E-state index in [-0.39, 0.29) is 11.3 Å². The van der Waals surface area contributed by atoms with Crippen molar-refractivity contribution in [3.63, 3.8) is 0 Å². The molecule has 1 amide bonds. The lowest BCUT2D eigenvalue weighted by molar-refractivity contribution is 0.102. The second-order valence-electron chi connectivity index (χ2n) is 7.22. The first-order chi connectivity index (χ1) is 12.7. The van der Waals surface area contributed by atoms with E-state index in [1.165, 1.54) is 6.07 Å². The van der Waals surface area contributed by atoms with Gasteiger partial charge < -0.3 is 5.32 Å². The third-order valence-electron chi connectivity index (χ3n) is 3.98. The molecule has 0 aliphatic carbocycles. The molecule has 0 atom stereocenters. The molecule has 0 bridgehead atoms. The van der Waals surface area contributed by atoms with E-state index in [0.29, 0.717) is 11.3 Å². The van der Waals surface area contributed by atoms with Crippen LogP contribution in [0.4, 0.5) is 10.1 Å². The Hall–Kier alpha value is -2.30. The summed E-state index contributed by atoms with van der Waals surface area (Å²) in [5.74, 6) is -2.02. The molecule has 152 valence electrons. The highest BCUT2D eigenvalue weighted by molar-refractivity contribution is 7.92. The van der Waals surface area contributed by atoms with E-state index in [0.717, 1.165) is 18.2 Å². The summed E-state index contributed by atoms with van der Waals surface area (Å²) in [6.07, 6.45) is 0. The van der Waals surface area contributed by atoms with Crippen LogP contribution in [0.5, 0.6) is 0 Å². The van der Waals surface area contributed by atoms with E-state index in [1.54, 1.807) is 39.0 Å². The van der Waals surface area contributed by atoms with E-state index in [2.05, 4.69) is 5.32 Å². The highest BCUT2D eigenvalue weighted by atomic mass is 32.2. The van der Waals surface area contributed by atoms with Gasteiger partial charge >= 0.3 is 0 Å². The Morgan fingerprint density at radius 3 is 2.25 bits per heavy atom. The second kappa shape index (κ2) is 7.61. The minimum absolute atomic E-state index is 0.113. The molecule has 0 aromatic heterocycles. The van der Waals surface area contributed by atoms with Gasteiger partial charge in [0.25, 0.3) is 5.91 Å². The molecule has 0 saturated carbocycles. The lowest BCUT2D eigenvalue weighted by Gasteiger charge is -2.19. The fraction of sp³-hybridized carbons (Fsp3) is 0.278. The third kappa shape index (κ3) is 5.15. The third-order valence-corrected chi connectivity index (χ3v) is 7.50. The van der Waals surface area contributed by atoms with Gasteiger partial charge in [0.2, 0.25) is 10.0 Å². The zero-order valence-corrected chi connectivity index (χ0v) is 17.2. The molecule has 0 heterocycles. The standard InChI is InChI=1S/C18H21FN2O5S2/c1-18(2,3)27(23,24)11-12-5-4-6-14(9-12)21-17(22)13-7-8-16(15(19)10-13)28(20,25)26/h4-10H,11H2,1-3H3,(H,21,22)(H2,20,25,26). The number of carbonyl (C=O) groups is 1. The summed E-state index contributed by atoms with van der Waals surface area (Å²) in [6, 6.07) is 9.09. The number of hydrogen-bond donors (Lipinski definition) is 2. The Morgan fingerprint density at radius 2 is 1.71 bits per heavy atom. The van der Waals surface area contributed by atoms with Gasteiger partial charge in [-0.3, -0.25) is 4.79 Å². The summed E-state index contributed by atoms with van der Waals surface area (Å²) in [5.41, 5.74) is 0.698. The summed E-state index contributed by atoms with van der Waals surface area (Å²) in [7, 11) is -7.64. The fourth-order valence-corrected chi connectivity index (χ4v) is 3.89. The van der Waals surface area contributed by atoms with Crippen LogP contribution < -0.4 is 10.5 Å². The number of sulfonamides is 1. The normalized spacial score (nSPS) is 12.6. The quantitative estimate of drug-likeness (QED) is 0.757. The van der Waals surface area contributed by atoms with Crippen LogP contribution in [-0.2, 0) is 25.6 Å². The summed E-state index contributed by atoms with van der Waals surface area (Å²) < 4.78 is 60.1. The number of sulfone groups is 1. The molecule has 10 heteroatoms. The van der Waals surface area contributed by atoms with Crippen LogP contribution >= 0.6 is 0 Å². The average Bonchev–Trinajstić information content (AvgIpc) is 2.52. The second-order valence-corrected chi connectivity index (χ2v) is 11.5. The van der Waals surface area contributed by atoms with Crippen molar-refractivity contribution in [1.29, 1.82) is 0 Å². The van der Waals surface area contributed by atoms with Crippen LogP contribution in [0.1, 0.15) is 36.7 Å². The molecule has 28 heavy (non-hydrogen) atoms. The van der Waals surface area contributed by atoms with E-state index in [9.17, 15) is 26.0 Å². The summed E-state index contributed by atoms with van der Waals surface area (Å²) >= 11 is 0. The Labute approximate surface area is 163 Å². The summed E-state index contributed by atoms with van der Waals surface area (Å²) in [4.78, 5) is 11.6. The number of halogens is 1. The Morgan fingerprint density at radius 1 is 1.07 bits per heavy atom. The number of anilines is 1. The van der Waals surface area contributed by atoms with E-state index in [1.807, 2.05) is 0 Å². The lowest BCUT2D eigenvalue weighted by atomic mass is 10.2. The molecule has 0 fully saturated rings. The zero-order valence-electron chi connectivity index (χ0n) is 15.6. The van der Waals surface area contributed by atoms with Crippen molar-refractivity contribution < 1.29 is 26.0 Å². The molecule has 0 unspecified atom stereocenters. The monoisotopic (exact) mass is 428 g/mol. The first kappa shape index (κ1) is 22.0. The molecule has 0 aliphatic heterocycles. The number of amides is 1. The molecule has 7 nitrogen and oxygen atoms in total. The van der Waals surface area contributed by atoms with Gasteiger partial charge in [0.05, 0.1) is 10.5 Å². The Balaban J connectivity index is 2.23.